The third-order valence-electron chi connectivity index (χ3n) is 4.57. The molecule has 0 N–H and O–H groups in total. The fraction of sp³-hybridized carbons (Fsp3) is 0.200. The van der Waals surface area contributed by atoms with Crippen molar-refractivity contribution >= 4 is 29.2 Å². The second-order valence-electron chi connectivity index (χ2n) is 6.55. The average molecular weight is 386 g/mol. The van der Waals surface area contributed by atoms with E-state index in [0.29, 0.717) is 22.3 Å². The van der Waals surface area contributed by atoms with Gasteiger partial charge in [-0.1, -0.05) is 53.5 Å². The van der Waals surface area contributed by atoms with Gasteiger partial charge in [-0.15, -0.1) is 0 Å². The first-order chi connectivity index (χ1) is 12.5. The minimum Gasteiger partial charge on any atom is -0.314 e. The van der Waals surface area contributed by atoms with Crippen LogP contribution in [0.25, 0.3) is 22.5 Å². The highest BCUT2D eigenvalue weighted by Crippen LogP contribution is 2.39. The number of nitrogens with zero attached hydrogens (tertiary/aromatic N) is 3. The van der Waals surface area contributed by atoms with Crippen LogP contribution < -0.4 is 0 Å². The van der Waals surface area contributed by atoms with Gasteiger partial charge in [0.25, 0.3) is 0 Å². The Labute approximate surface area is 162 Å². The van der Waals surface area contributed by atoms with Gasteiger partial charge in [-0.05, 0) is 32.0 Å². The van der Waals surface area contributed by atoms with Crippen molar-refractivity contribution in [1.82, 2.24) is 14.5 Å². The number of carbonyl (C=O) groups excluding carboxylic acids is 1. The highest BCUT2D eigenvalue weighted by atomic mass is 35.5. The molecule has 132 valence electrons. The summed E-state index contributed by atoms with van der Waals surface area (Å²) >= 11 is 12.5. The summed E-state index contributed by atoms with van der Waals surface area (Å²) in [5, 5.41) is 1.25. The molecule has 6 heteroatoms. The Hall–Kier alpha value is -2.30. The van der Waals surface area contributed by atoms with Crippen molar-refractivity contribution in [3.05, 3.63) is 64.4 Å². The van der Waals surface area contributed by atoms with Gasteiger partial charge in [-0.25, -0.2) is 14.3 Å². The predicted molar refractivity (Wildman–Crippen MR) is 105 cm³/mol. The zero-order valence-electron chi connectivity index (χ0n) is 14.4. The second-order valence-corrected chi connectivity index (χ2v) is 7.40. The van der Waals surface area contributed by atoms with Gasteiger partial charge in [0.15, 0.2) is 0 Å². The molecular weight excluding hydrogens is 369 g/mol. The number of fused-ring (bicyclic) bond motifs is 1. The van der Waals surface area contributed by atoms with Crippen molar-refractivity contribution in [3.63, 3.8) is 0 Å². The van der Waals surface area contributed by atoms with Gasteiger partial charge >= 0.3 is 6.03 Å². The van der Waals surface area contributed by atoms with Gasteiger partial charge in [0, 0.05) is 22.2 Å². The summed E-state index contributed by atoms with van der Waals surface area (Å²) in [4.78, 5) is 19.6. The van der Waals surface area contributed by atoms with E-state index in [0.717, 1.165) is 22.6 Å². The first-order valence-corrected chi connectivity index (χ1v) is 9.16. The topological polar surface area (TPSA) is 38.1 Å². The number of aromatic nitrogens is 2. The van der Waals surface area contributed by atoms with Crippen molar-refractivity contribution in [2.75, 3.05) is 0 Å². The van der Waals surface area contributed by atoms with E-state index in [1.807, 2.05) is 62.4 Å². The van der Waals surface area contributed by atoms with E-state index in [-0.39, 0.29) is 12.1 Å². The molecule has 4 rings (SSSR count). The summed E-state index contributed by atoms with van der Waals surface area (Å²) in [6.07, 6.45) is 0. The zero-order chi connectivity index (χ0) is 18.4. The number of halogens is 2. The SMILES string of the molecule is CC(C)N1Cc2nc(-c3ccccc3Cl)c(-c3ccc(Cl)cc3)n2C1=O. The summed E-state index contributed by atoms with van der Waals surface area (Å²) in [5.74, 6) is 0.726. The molecule has 1 amide bonds. The molecule has 0 saturated carbocycles. The maximum Gasteiger partial charge on any atom is 0.330 e. The van der Waals surface area contributed by atoms with Crippen molar-refractivity contribution in [1.29, 1.82) is 0 Å². The van der Waals surface area contributed by atoms with Gasteiger partial charge in [0.2, 0.25) is 0 Å². The lowest BCUT2D eigenvalue weighted by Crippen LogP contribution is -2.32. The van der Waals surface area contributed by atoms with Crippen LogP contribution in [0.4, 0.5) is 4.79 Å². The highest BCUT2D eigenvalue weighted by molar-refractivity contribution is 6.33. The molecule has 0 unspecified atom stereocenters. The molecule has 1 aromatic heterocycles. The van der Waals surface area contributed by atoms with E-state index < -0.39 is 0 Å². The van der Waals surface area contributed by atoms with E-state index in [1.54, 1.807) is 9.47 Å². The average Bonchev–Trinajstić information content (AvgIpc) is 3.13. The van der Waals surface area contributed by atoms with Gasteiger partial charge < -0.3 is 4.90 Å². The quantitative estimate of drug-likeness (QED) is 0.578. The molecule has 3 aromatic rings. The molecular formula is C20H17Cl2N3O. The van der Waals surface area contributed by atoms with Crippen molar-refractivity contribution < 1.29 is 4.79 Å². The fourth-order valence-corrected chi connectivity index (χ4v) is 3.60. The molecule has 0 spiro atoms. The normalized spacial score (nSPS) is 13.6. The van der Waals surface area contributed by atoms with Gasteiger partial charge in [-0.3, -0.25) is 0 Å². The Morgan fingerprint density at radius 1 is 1.04 bits per heavy atom. The van der Waals surface area contributed by atoms with Gasteiger partial charge in [-0.2, -0.15) is 0 Å². The number of carbonyl (C=O) groups is 1. The minimum absolute atomic E-state index is 0.0641. The number of hydrogen-bond acceptors (Lipinski definition) is 2. The Morgan fingerprint density at radius 2 is 1.73 bits per heavy atom. The summed E-state index contributed by atoms with van der Waals surface area (Å²) < 4.78 is 1.70. The van der Waals surface area contributed by atoms with Crippen LogP contribution in [0.15, 0.2) is 48.5 Å². The molecule has 4 nitrogen and oxygen atoms in total. The molecule has 0 radical (unpaired) electrons. The van der Waals surface area contributed by atoms with Crippen LogP contribution in [0.5, 0.6) is 0 Å². The number of benzene rings is 2. The van der Waals surface area contributed by atoms with Crippen LogP contribution >= 0.6 is 23.2 Å². The Balaban J connectivity index is 1.97. The minimum atomic E-state index is -0.0641. The van der Waals surface area contributed by atoms with Crippen LogP contribution in [0.3, 0.4) is 0 Å². The third kappa shape index (κ3) is 2.70. The molecule has 0 fully saturated rings. The Morgan fingerprint density at radius 3 is 2.38 bits per heavy atom. The molecule has 2 heterocycles. The molecule has 26 heavy (non-hydrogen) atoms. The molecule has 2 aromatic carbocycles. The zero-order valence-corrected chi connectivity index (χ0v) is 15.9. The number of amides is 1. The molecule has 0 aliphatic carbocycles. The van der Waals surface area contributed by atoms with Crippen LogP contribution in [0.2, 0.25) is 10.0 Å². The van der Waals surface area contributed by atoms with Crippen molar-refractivity contribution in [2.24, 2.45) is 0 Å². The highest BCUT2D eigenvalue weighted by Gasteiger charge is 2.35. The maximum atomic E-state index is 13.0. The van der Waals surface area contributed by atoms with Crippen LogP contribution in [-0.4, -0.2) is 26.5 Å². The van der Waals surface area contributed by atoms with Gasteiger partial charge in [0.05, 0.1) is 23.0 Å². The van der Waals surface area contributed by atoms with Crippen molar-refractivity contribution in [3.8, 4) is 22.5 Å². The standard InChI is InChI=1S/C20H17Cl2N3O/c1-12(2)24-11-17-23-18(15-5-3-4-6-16(15)22)19(25(17)20(24)26)13-7-9-14(21)10-8-13/h3-10,12H,11H2,1-2H3. The van der Waals surface area contributed by atoms with Crippen molar-refractivity contribution in [2.45, 2.75) is 26.4 Å². The Bertz CT molecular complexity index is 993. The predicted octanol–water partition coefficient (Wildman–Crippen LogP) is 5.72. The molecule has 1 aliphatic rings. The lowest BCUT2D eigenvalue weighted by atomic mass is 10.0. The second kappa shape index (κ2) is 6.45. The fourth-order valence-electron chi connectivity index (χ4n) is 3.25. The lowest BCUT2D eigenvalue weighted by Gasteiger charge is -2.20. The van der Waals surface area contributed by atoms with Gasteiger partial charge in [0.1, 0.15) is 5.82 Å². The summed E-state index contributed by atoms with van der Waals surface area (Å²) in [5.41, 5.74) is 3.15. The summed E-state index contributed by atoms with van der Waals surface area (Å²) in [6, 6.07) is 15.0. The number of rotatable bonds is 3. The molecule has 1 aliphatic heterocycles. The van der Waals surface area contributed by atoms with E-state index in [9.17, 15) is 4.79 Å². The molecule has 0 atom stereocenters. The van der Waals surface area contributed by atoms with Crippen LogP contribution in [0, 0.1) is 0 Å². The first-order valence-electron chi connectivity index (χ1n) is 8.41. The third-order valence-corrected chi connectivity index (χ3v) is 5.15. The van der Waals surface area contributed by atoms with E-state index in [2.05, 4.69) is 0 Å². The Kier molecular flexibility index (Phi) is 4.25. The van der Waals surface area contributed by atoms with E-state index in [4.69, 9.17) is 28.2 Å². The largest absolute Gasteiger partial charge is 0.330 e. The maximum absolute atomic E-state index is 13.0. The monoisotopic (exact) mass is 385 g/mol. The molecule has 0 saturated heterocycles. The summed E-state index contributed by atoms with van der Waals surface area (Å²) in [7, 11) is 0. The van der Waals surface area contributed by atoms with Crippen LogP contribution in [0.1, 0.15) is 19.7 Å². The van der Waals surface area contributed by atoms with E-state index in [1.165, 1.54) is 0 Å². The lowest BCUT2D eigenvalue weighted by molar-refractivity contribution is 0.196. The number of imidazole rings is 1. The molecule has 0 bridgehead atoms. The first kappa shape index (κ1) is 17.1. The summed E-state index contributed by atoms with van der Waals surface area (Å²) in [6.45, 7) is 4.49. The van der Waals surface area contributed by atoms with Crippen LogP contribution in [-0.2, 0) is 6.54 Å². The van der Waals surface area contributed by atoms with E-state index >= 15 is 0 Å². The smallest absolute Gasteiger partial charge is 0.314 e. The number of hydrogen-bond donors (Lipinski definition) is 0.